The summed E-state index contributed by atoms with van der Waals surface area (Å²) in [7, 11) is 1.63. The van der Waals surface area contributed by atoms with Gasteiger partial charge in [0.1, 0.15) is 12.4 Å². The number of hydrogen-bond donors (Lipinski definition) is 1. The number of imidazole rings is 1. The molecule has 4 aromatic rings. The molecule has 8 nitrogen and oxygen atoms in total. The van der Waals surface area contributed by atoms with E-state index in [1.165, 1.54) is 6.08 Å². The molecular formula is C29H29N5O3. The van der Waals surface area contributed by atoms with Gasteiger partial charge >= 0.3 is 0 Å². The monoisotopic (exact) mass is 495 g/mol. The van der Waals surface area contributed by atoms with Gasteiger partial charge in [-0.2, -0.15) is 0 Å². The molecule has 1 saturated heterocycles. The smallest absolute Gasteiger partial charge is 0.245 e. The number of fused-ring (bicyclic) bond motifs is 2. The first-order valence-corrected chi connectivity index (χ1v) is 12.6. The van der Waals surface area contributed by atoms with E-state index in [1.807, 2.05) is 33.7 Å². The fourth-order valence-electron chi connectivity index (χ4n) is 5.27. The zero-order chi connectivity index (χ0) is 25.4. The van der Waals surface area contributed by atoms with Crippen LogP contribution in [0.1, 0.15) is 24.4 Å². The van der Waals surface area contributed by atoms with E-state index in [1.54, 1.807) is 13.3 Å². The van der Waals surface area contributed by atoms with E-state index in [0.29, 0.717) is 24.2 Å². The average molecular weight is 496 g/mol. The maximum Gasteiger partial charge on any atom is 0.245 e. The van der Waals surface area contributed by atoms with Crippen molar-refractivity contribution in [2.75, 3.05) is 26.8 Å². The maximum absolute atomic E-state index is 11.9. The highest BCUT2D eigenvalue weighted by Gasteiger charge is 2.30. The molecule has 0 saturated carbocycles. The molecule has 1 atom stereocenters. The van der Waals surface area contributed by atoms with Gasteiger partial charge in [-0.1, -0.05) is 49.0 Å². The summed E-state index contributed by atoms with van der Waals surface area (Å²) in [5.41, 5.74) is 4.96. The molecule has 188 valence electrons. The summed E-state index contributed by atoms with van der Waals surface area (Å²) in [6, 6.07) is 17.0. The molecule has 0 bridgehead atoms. The minimum absolute atomic E-state index is 0.0102. The highest BCUT2D eigenvalue weighted by Crippen LogP contribution is 2.39. The number of hydrogen-bond acceptors (Lipinski definition) is 6. The number of likely N-dealkylation sites (tertiary alicyclic amines) is 1. The van der Waals surface area contributed by atoms with Crippen molar-refractivity contribution in [3.63, 3.8) is 0 Å². The van der Waals surface area contributed by atoms with Crippen LogP contribution in [0.4, 0.5) is 0 Å². The number of rotatable bonds is 6. The van der Waals surface area contributed by atoms with Crippen molar-refractivity contribution in [1.82, 2.24) is 24.6 Å². The summed E-state index contributed by atoms with van der Waals surface area (Å²) in [6.45, 7) is 5.67. The summed E-state index contributed by atoms with van der Waals surface area (Å²) in [5.74, 6) is 2.16. The van der Waals surface area contributed by atoms with E-state index >= 15 is 0 Å². The van der Waals surface area contributed by atoms with Crippen LogP contribution in [0.5, 0.6) is 11.5 Å². The van der Waals surface area contributed by atoms with Gasteiger partial charge < -0.3 is 19.7 Å². The molecule has 4 heterocycles. The van der Waals surface area contributed by atoms with Gasteiger partial charge in [-0.05, 0) is 25.0 Å². The van der Waals surface area contributed by atoms with Crippen LogP contribution in [-0.2, 0) is 4.79 Å². The van der Waals surface area contributed by atoms with E-state index < -0.39 is 0 Å². The number of carbonyl (C=O) groups excluding carboxylic acids is 1. The van der Waals surface area contributed by atoms with Crippen LogP contribution in [-0.4, -0.2) is 58.0 Å². The zero-order valence-corrected chi connectivity index (χ0v) is 20.8. The first-order valence-electron chi connectivity index (χ1n) is 12.6. The summed E-state index contributed by atoms with van der Waals surface area (Å²) in [5, 5.41) is 3.75. The van der Waals surface area contributed by atoms with E-state index in [9.17, 15) is 4.79 Å². The molecule has 8 heteroatoms. The van der Waals surface area contributed by atoms with Gasteiger partial charge in [0.05, 0.1) is 36.9 Å². The highest BCUT2D eigenvalue weighted by molar-refractivity contribution is 5.87. The second-order valence-corrected chi connectivity index (χ2v) is 9.43. The Morgan fingerprint density at radius 3 is 2.73 bits per heavy atom. The summed E-state index contributed by atoms with van der Waals surface area (Å²) in [6.07, 6.45) is 6.83. The summed E-state index contributed by atoms with van der Waals surface area (Å²) >= 11 is 0. The van der Waals surface area contributed by atoms with Crippen molar-refractivity contribution in [3.8, 4) is 34.0 Å². The third-order valence-corrected chi connectivity index (χ3v) is 7.23. The summed E-state index contributed by atoms with van der Waals surface area (Å²) < 4.78 is 13.5. The Bertz CT molecular complexity index is 1460. The van der Waals surface area contributed by atoms with E-state index in [-0.39, 0.29) is 11.9 Å². The Hall–Kier alpha value is -4.17. The molecule has 0 radical (unpaired) electrons. The van der Waals surface area contributed by atoms with Crippen molar-refractivity contribution < 1.29 is 14.3 Å². The molecule has 2 aliphatic rings. The number of carbonyl (C=O) groups is 1. The van der Waals surface area contributed by atoms with Crippen molar-refractivity contribution in [3.05, 3.63) is 79.1 Å². The number of aromatic nitrogens is 3. The van der Waals surface area contributed by atoms with Crippen molar-refractivity contribution in [1.29, 1.82) is 0 Å². The lowest BCUT2D eigenvalue weighted by atomic mass is 9.99. The predicted octanol–water partition coefficient (Wildman–Crippen LogP) is 4.27. The van der Waals surface area contributed by atoms with Gasteiger partial charge in [-0.25, -0.2) is 9.97 Å². The van der Waals surface area contributed by atoms with Gasteiger partial charge in [0.25, 0.3) is 0 Å². The lowest BCUT2D eigenvalue weighted by Gasteiger charge is -2.33. The van der Waals surface area contributed by atoms with Gasteiger partial charge in [-0.3, -0.25) is 9.20 Å². The number of ether oxygens (including phenoxy) is 2. The van der Waals surface area contributed by atoms with Gasteiger partial charge in [0, 0.05) is 35.8 Å². The van der Waals surface area contributed by atoms with Crippen LogP contribution in [0, 0.1) is 0 Å². The molecule has 2 aromatic carbocycles. The normalized spacial score (nSPS) is 17.4. The Balaban J connectivity index is 1.29. The zero-order valence-electron chi connectivity index (χ0n) is 20.8. The topological polar surface area (TPSA) is 81.0 Å². The highest BCUT2D eigenvalue weighted by atomic mass is 16.5. The van der Waals surface area contributed by atoms with Crippen LogP contribution >= 0.6 is 0 Å². The van der Waals surface area contributed by atoms with Crippen molar-refractivity contribution in [2.45, 2.75) is 24.9 Å². The lowest BCUT2D eigenvalue weighted by Crippen LogP contribution is -2.45. The predicted molar refractivity (Wildman–Crippen MR) is 142 cm³/mol. The number of nitrogens with zero attached hydrogens (tertiary/aromatic N) is 4. The number of piperidine rings is 1. The van der Waals surface area contributed by atoms with Crippen LogP contribution < -0.4 is 14.8 Å². The van der Waals surface area contributed by atoms with Gasteiger partial charge in [0.2, 0.25) is 11.7 Å². The Labute approximate surface area is 215 Å². The number of amides is 1. The third-order valence-electron chi connectivity index (χ3n) is 7.23. The molecule has 2 aliphatic heterocycles. The van der Waals surface area contributed by atoms with Crippen LogP contribution in [0.3, 0.4) is 0 Å². The number of methoxy groups -OCH3 is 1. The fraction of sp³-hybridized carbons (Fsp3) is 0.276. The Kier molecular flexibility index (Phi) is 6.10. The maximum atomic E-state index is 11.9. The molecular weight excluding hydrogens is 466 g/mol. The van der Waals surface area contributed by atoms with Crippen LogP contribution in [0.15, 0.2) is 73.6 Å². The lowest BCUT2D eigenvalue weighted by molar-refractivity contribution is -0.127. The van der Waals surface area contributed by atoms with Crippen molar-refractivity contribution in [2.24, 2.45) is 0 Å². The van der Waals surface area contributed by atoms with Gasteiger partial charge in [-0.15, -0.1) is 0 Å². The molecule has 37 heavy (non-hydrogen) atoms. The standard InChI is InChI=1S/C29H29N5O3/c1-3-26(35)33-13-11-21(12-14-33)31-24-18-37-25-15-20(9-10-23(24)25)27-28(19-7-5-4-6-8-19)34-17-22(36-2)16-30-29(34)32-27/h3-10,15-17,21,24,31H,1,11-14,18H2,2H3/t24-/m0/s1. The largest absolute Gasteiger partial charge is 0.494 e. The molecule has 0 spiro atoms. The van der Waals surface area contributed by atoms with E-state index in [2.05, 4.69) is 47.2 Å². The second-order valence-electron chi connectivity index (χ2n) is 9.43. The SMILES string of the molecule is C=CC(=O)N1CCC(N[C@H]2COc3cc(-c4nc5ncc(OC)cn5c4-c4ccccc4)ccc32)CC1. The third kappa shape index (κ3) is 4.34. The molecule has 6 rings (SSSR count). The van der Waals surface area contributed by atoms with Gasteiger partial charge in [0.15, 0.2) is 5.75 Å². The van der Waals surface area contributed by atoms with Crippen LogP contribution in [0.2, 0.25) is 0 Å². The van der Waals surface area contributed by atoms with E-state index in [0.717, 1.165) is 59.8 Å². The van der Waals surface area contributed by atoms with Crippen LogP contribution in [0.25, 0.3) is 28.3 Å². The fourth-order valence-corrected chi connectivity index (χ4v) is 5.27. The van der Waals surface area contributed by atoms with E-state index in [4.69, 9.17) is 14.5 Å². The average Bonchev–Trinajstić information content (AvgIpc) is 3.54. The Morgan fingerprint density at radius 1 is 1.16 bits per heavy atom. The summed E-state index contributed by atoms with van der Waals surface area (Å²) in [4.78, 5) is 23.1. The number of benzene rings is 2. The first kappa shape index (κ1) is 23.2. The first-order chi connectivity index (χ1) is 18.1. The molecule has 1 amide bonds. The Morgan fingerprint density at radius 2 is 1.97 bits per heavy atom. The minimum atomic E-state index is 0.0102. The second kappa shape index (κ2) is 9.71. The minimum Gasteiger partial charge on any atom is -0.494 e. The van der Waals surface area contributed by atoms with Crippen molar-refractivity contribution >= 4 is 11.7 Å². The molecule has 2 aromatic heterocycles. The molecule has 1 fully saturated rings. The molecule has 1 N–H and O–H groups in total. The molecule has 0 unspecified atom stereocenters. The number of nitrogens with one attached hydrogen (secondary N) is 1. The quantitative estimate of drug-likeness (QED) is 0.403. The molecule has 0 aliphatic carbocycles.